The molecule has 0 radical (unpaired) electrons. The lowest BCUT2D eigenvalue weighted by molar-refractivity contribution is 0.102. The SMILES string of the molecule is COc1ccc(Cl)cc1NC(=O)c1cn(C2CCNCC2)nn1.Cl. The highest BCUT2D eigenvalue weighted by atomic mass is 35.5. The van der Waals surface area contributed by atoms with Crippen LogP contribution in [-0.2, 0) is 0 Å². The molecule has 1 saturated heterocycles. The summed E-state index contributed by atoms with van der Waals surface area (Å²) in [6, 6.07) is 5.31. The predicted octanol–water partition coefficient (Wildman–Crippen LogP) is 2.54. The number of aromatic nitrogens is 3. The summed E-state index contributed by atoms with van der Waals surface area (Å²) in [4.78, 5) is 12.4. The maximum atomic E-state index is 12.4. The van der Waals surface area contributed by atoms with E-state index in [1.165, 1.54) is 7.11 Å². The Hall–Kier alpha value is -1.83. The van der Waals surface area contributed by atoms with E-state index in [9.17, 15) is 4.79 Å². The molecule has 0 saturated carbocycles. The molecule has 0 aliphatic carbocycles. The molecule has 2 heterocycles. The van der Waals surface area contributed by atoms with Gasteiger partial charge in [0.05, 0.1) is 25.0 Å². The van der Waals surface area contributed by atoms with Crippen molar-refractivity contribution in [3.63, 3.8) is 0 Å². The van der Waals surface area contributed by atoms with Crippen LogP contribution in [0.1, 0.15) is 29.4 Å². The lowest BCUT2D eigenvalue weighted by atomic mass is 10.1. The molecule has 0 atom stereocenters. The third-order valence-corrected chi connectivity index (χ3v) is 4.07. The van der Waals surface area contributed by atoms with E-state index in [1.54, 1.807) is 29.1 Å². The molecule has 0 bridgehead atoms. The van der Waals surface area contributed by atoms with E-state index in [0.29, 0.717) is 16.5 Å². The summed E-state index contributed by atoms with van der Waals surface area (Å²) in [6.45, 7) is 1.90. The summed E-state index contributed by atoms with van der Waals surface area (Å²) in [7, 11) is 1.53. The van der Waals surface area contributed by atoms with E-state index in [1.807, 2.05) is 0 Å². The number of anilines is 1. The van der Waals surface area contributed by atoms with Crippen LogP contribution in [-0.4, -0.2) is 41.1 Å². The van der Waals surface area contributed by atoms with Crippen LogP contribution in [0, 0.1) is 0 Å². The molecule has 0 spiro atoms. The van der Waals surface area contributed by atoms with Crippen LogP contribution in [0.2, 0.25) is 5.02 Å². The van der Waals surface area contributed by atoms with Crippen molar-refractivity contribution in [2.75, 3.05) is 25.5 Å². The topological polar surface area (TPSA) is 81.1 Å². The largest absolute Gasteiger partial charge is 0.495 e. The van der Waals surface area contributed by atoms with Crippen LogP contribution in [0.3, 0.4) is 0 Å². The number of carbonyl (C=O) groups is 1. The molecule has 2 N–H and O–H groups in total. The summed E-state index contributed by atoms with van der Waals surface area (Å²) < 4.78 is 6.98. The fourth-order valence-corrected chi connectivity index (χ4v) is 2.77. The van der Waals surface area contributed by atoms with E-state index >= 15 is 0 Å². The average molecular weight is 372 g/mol. The van der Waals surface area contributed by atoms with Gasteiger partial charge >= 0.3 is 0 Å². The highest BCUT2D eigenvalue weighted by molar-refractivity contribution is 6.31. The zero-order chi connectivity index (χ0) is 16.2. The number of hydrogen-bond donors (Lipinski definition) is 2. The van der Waals surface area contributed by atoms with Crippen molar-refractivity contribution in [3.05, 3.63) is 35.1 Å². The Morgan fingerprint density at radius 2 is 2.17 bits per heavy atom. The van der Waals surface area contributed by atoms with E-state index < -0.39 is 0 Å². The Balaban J connectivity index is 0.00000208. The van der Waals surface area contributed by atoms with Gasteiger partial charge in [-0.2, -0.15) is 0 Å². The zero-order valence-electron chi connectivity index (χ0n) is 13.2. The van der Waals surface area contributed by atoms with Crippen molar-refractivity contribution < 1.29 is 9.53 Å². The summed E-state index contributed by atoms with van der Waals surface area (Å²) in [5, 5.41) is 14.6. The third-order valence-electron chi connectivity index (χ3n) is 3.84. The van der Waals surface area contributed by atoms with Gasteiger partial charge in [0.15, 0.2) is 5.69 Å². The molecule has 9 heteroatoms. The summed E-state index contributed by atoms with van der Waals surface area (Å²) in [6.07, 6.45) is 3.64. The maximum absolute atomic E-state index is 12.4. The second-order valence-corrected chi connectivity index (χ2v) is 5.80. The van der Waals surface area contributed by atoms with E-state index in [-0.39, 0.29) is 30.0 Å². The first-order chi connectivity index (χ1) is 11.2. The highest BCUT2D eigenvalue weighted by Gasteiger charge is 2.19. The van der Waals surface area contributed by atoms with Gasteiger partial charge in [0.25, 0.3) is 5.91 Å². The van der Waals surface area contributed by atoms with Crippen molar-refractivity contribution in [2.24, 2.45) is 0 Å². The molecule has 1 amide bonds. The van der Waals surface area contributed by atoms with Crippen LogP contribution in [0.5, 0.6) is 5.75 Å². The number of nitrogens with zero attached hydrogens (tertiary/aromatic N) is 3. The fraction of sp³-hybridized carbons (Fsp3) is 0.400. The fourth-order valence-electron chi connectivity index (χ4n) is 2.59. The first-order valence-corrected chi connectivity index (χ1v) is 7.82. The average Bonchev–Trinajstić information content (AvgIpc) is 3.06. The van der Waals surface area contributed by atoms with Gasteiger partial charge in [0.1, 0.15) is 5.75 Å². The summed E-state index contributed by atoms with van der Waals surface area (Å²) >= 11 is 5.96. The minimum Gasteiger partial charge on any atom is -0.495 e. The van der Waals surface area contributed by atoms with Crippen LogP contribution < -0.4 is 15.4 Å². The number of methoxy groups -OCH3 is 1. The van der Waals surface area contributed by atoms with E-state index in [4.69, 9.17) is 16.3 Å². The molecule has 1 aliphatic rings. The standard InChI is InChI=1S/C15H18ClN5O2.ClH/c1-23-14-3-2-10(16)8-12(14)18-15(22)13-9-21(20-19-13)11-4-6-17-7-5-11;/h2-3,8-9,11,17H,4-7H2,1H3,(H,18,22);1H. The molecule has 24 heavy (non-hydrogen) atoms. The Labute approximate surface area is 151 Å². The van der Waals surface area contributed by atoms with Crippen molar-refractivity contribution in [3.8, 4) is 5.75 Å². The Kier molecular flexibility index (Phi) is 6.42. The van der Waals surface area contributed by atoms with Crippen molar-refractivity contribution in [2.45, 2.75) is 18.9 Å². The predicted molar refractivity (Wildman–Crippen MR) is 94.4 cm³/mol. The number of carbonyl (C=O) groups excluding carboxylic acids is 1. The molecular weight excluding hydrogens is 353 g/mol. The number of halogens is 2. The van der Waals surface area contributed by atoms with Gasteiger partial charge in [-0.3, -0.25) is 4.79 Å². The number of rotatable bonds is 4. The van der Waals surface area contributed by atoms with Crippen LogP contribution in [0.25, 0.3) is 0 Å². The van der Waals surface area contributed by atoms with Gasteiger partial charge in [-0.1, -0.05) is 16.8 Å². The quantitative estimate of drug-likeness (QED) is 0.862. The monoisotopic (exact) mass is 371 g/mol. The Bertz CT molecular complexity index is 701. The Morgan fingerprint density at radius 3 is 2.88 bits per heavy atom. The van der Waals surface area contributed by atoms with Crippen molar-refractivity contribution >= 4 is 35.6 Å². The van der Waals surface area contributed by atoms with Gasteiger partial charge in [-0.05, 0) is 44.1 Å². The van der Waals surface area contributed by atoms with Gasteiger partial charge in [0.2, 0.25) is 0 Å². The van der Waals surface area contributed by atoms with Gasteiger partial charge in [0, 0.05) is 5.02 Å². The number of hydrogen-bond acceptors (Lipinski definition) is 5. The number of nitrogens with one attached hydrogen (secondary N) is 2. The van der Waals surface area contributed by atoms with E-state index in [0.717, 1.165) is 25.9 Å². The molecule has 1 aliphatic heterocycles. The summed E-state index contributed by atoms with van der Waals surface area (Å²) in [5.41, 5.74) is 0.770. The van der Waals surface area contributed by atoms with Crippen LogP contribution >= 0.6 is 24.0 Å². The minimum atomic E-state index is -0.342. The summed E-state index contributed by atoms with van der Waals surface area (Å²) in [5.74, 6) is 0.194. The second kappa shape index (κ2) is 8.32. The molecular formula is C15H19Cl2N5O2. The van der Waals surface area contributed by atoms with Gasteiger partial charge in [-0.15, -0.1) is 17.5 Å². The van der Waals surface area contributed by atoms with Crippen LogP contribution in [0.15, 0.2) is 24.4 Å². The molecule has 2 aromatic rings. The maximum Gasteiger partial charge on any atom is 0.277 e. The number of amides is 1. The van der Waals surface area contributed by atoms with Crippen molar-refractivity contribution in [1.82, 2.24) is 20.3 Å². The first kappa shape index (κ1) is 18.5. The molecule has 7 nitrogen and oxygen atoms in total. The lowest BCUT2D eigenvalue weighted by Crippen LogP contribution is -2.29. The normalized spacial score (nSPS) is 14.8. The zero-order valence-corrected chi connectivity index (χ0v) is 14.7. The van der Waals surface area contributed by atoms with Gasteiger partial charge < -0.3 is 15.4 Å². The van der Waals surface area contributed by atoms with E-state index in [2.05, 4.69) is 20.9 Å². The smallest absolute Gasteiger partial charge is 0.277 e. The first-order valence-electron chi connectivity index (χ1n) is 7.45. The van der Waals surface area contributed by atoms with Crippen molar-refractivity contribution in [1.29, 1.82) is 0 Å². The molecule has 130 valence electrons. The number of benzene rings is 1. The number of ether oxygens (including phenoxy) is 1. The van der Waals surface area contributed by atoms with Gasteiger partial charge in [-0.25, -0.2) is 4.68 Å². The second-order valence-electron chi connectivity index (χ2n) is 5.36. The molecule has 1 aromatic carbocycles. The molecule has 3 rings (SSSR count). The number of piperidine rings is 1. The molecule has 1 fully saturated rings. The molecule has 1 aromatic heterocycles. The third kappa shape index (κ3) is 4.17. The minimum absolute atomic E-state index is 0. The highest BCUT2D eigenvalue weighted by Crippen LogP contribution is 2.28. The van der Waals surface area contributed by atoms with Crippen LogP contribution in [0.4, 0.5) is 5.69 Å². The lowest BCUT2D eigenvalue weighted by Gasteiger charge is -2.22. The Morgan fingerprint density at radius 1 is 1.42 bits per heavy atom. The molecule has 0 unspecified atom stereocenters.